The number of carbonyl (C=O) groups is 2. The first-order valence-corrected chi connectivity index (χ1v) is 9.81. The highest BCUT2D eigenvalue weighted by Crippen LogP contribution is 2.35. The van der Waals surface area contributed by atoms with E-state index in [0.29, 0.717) is 6.54 Å². The highest BCUT2D eigenvalue weighted by atomic mass is 16.2. The molecule has 0 saturated carbocycles. The highest BCUT2D eigenvalue weighted by molar-refractivity contribution is 6.08. The van der Waals surface area contributed by atoms with E-state index in [-0.39, 0.29) is 24.2 Å². The summed E-state index contributed by atoms with van der Waals surface area (Å²) in [5.74, 6) is -0.413. The lowest BCUT2D eigenvalue weighted by Gasteiger charge is -2.17. The van der Waals surface area contributed by atoms with Crippen LogP contribution in [0.15, 0.2) is 54.6 Å². The number of benzene rings is 3. The van der Waals surface area contributed by atoms with Crippen molar-refractivity contribution in [1.82, 2.24) is 0 Å². The van der Waals surface area contributed by atoms with E-state index in [1.807, 2.05) is 37.3 Å². The van der Waals surface area contributed by atoms with Gasteiger partial charge in [-0.25, -0.2) is 0 Å². The Bertz CT molecular complexity index is 1110. The van der Waals surface area contributed by atoms with Gasteiger partial charge in [-0.2, -0.15) is 0 Å². The number of nitrogens with one attached hydrogen (secondary N) is 1. The van der Waals surface area contributed by atoms with Crippen molar-refractivity contribution in [1.29, 1.82) is 0 Å². The zero-order valence-electron chi connectivity index (χ0n) is 15.9. The summed E-state index contributed by atoms with van der Waals surface area (Å²) < 4.78 is 0. The fourth-order valence-electron chi connectivity index (χ4n) is 4.52. The normalized spacial score (nSPS) is 18.1. The van der Waals surface area contributed by atoms with Crippen molar-refractivity contribution in [2.45, 2.75) is 26.2 Å². The van der Waals surface area contributed by atoms with E-state index in [0.717, 1.165) is 35.2 Å². The summed E-state index contributed by atoms with van der Waals surface area (Å²) in [6.45, 7) is 2.43. The Kier molecular flexibility index (Phi) is 3.93. The molecule has 3 aromatic rings. The number of rotatable bonds is 3. The molecule has 1 aliphatic carbocycles. The lowest BCUT2D eigenvalue weighted by molar-refractivity contribution is -0.122. The van der Waals surface area contributed by atoms with Gasteiger partial charge in [-0.15, -0.1) is 0 Å². The van der Waals surface area contributed by atoms with Crippen LogP contribution in [0, 0.1) is 12.8 Å². The van der Waals surface area contributed by atoms with Crippen LogP contribution in [0.5, 0.6) is 0 Å². The second kappa shape index (κ2) is 6.48. The summed E-state index contributed by atoms with van der Waals surface area (Å²) in [6.07, 6.45) is 2.38. The summed E-state index contributed by atoms with van der Waals surface area (Å²) in [4.78, 5) is 27.2. The minimum absolute atomic E-state index is 0.00570. The molecule has 140 valence electrons. The van der Waals surface area contributed by atoms with Crippen LogP contribution in [0.2, 0.25) is 0 Å². The van der Waals surface area contributed by atoms with Crippen LogP contribution in [0.4, 0.5) is 11.4 Å². The van der Waals surface area contributed by atoms with Crippen LogP contribution >= 0.6 is 0 Å². The van der Waals surface area contributed by atoms with Crippen LogP contribution in [0.3, 0.4) is 0 Å². The third-order valence-electron chi connectivity index (χ3n) is 5.94. The van der Waals surface area contributed by atoms with Crippen LogP contribution < -0.4 is 10.2 Å². The number of amides is 2. The predicted molar refractivity (Wildman–Crippen MR) is 112 cm³/mol. The molecule has 0 unspecified atom stereocenters. The third-order valence-corrected chi connectivity index (χ3v) is 5.94. The third kappa shape index (κ3) is 2.76. The van der Waals surface area contributed by atoms with Crippen molar-refractivity contribution >= 4 is 34.0 Å². The molecule has 1 fully saturated rings. The number of hydrogen-bond donors (Lipinski definition) is 1. The zero-order chi connectivity index (χ0) is 19.3. The van der Waals surface area contributed by atoms with Gasteiger partial charge in [0.2, 0.25) is 11.8 Å². The Hall–Kier alpha value is -3.14. The average molecular weight is 370 g/mol. The lowest BCUT2D eigenvalue weighted by atomic mass is 10.0. The van der Waals surface area contributed by atoms with E-state index < -0.39 is 0 Å². The van der Waals surface area contributed by atoms with Gasteiger partial charge < -0.3 is 10.2 Å². The van der Waals surface area contributed by atoms with Crippen molar-refractivity contribution in [3.8, 4) is 0 Å². The average Bonchev–Trinajstić information content (AvgIpc) is 3.29. The molecule has 0 spiro atoms. The molecule has 2 aliphatic rings. The van der Waals surface area contributed by atoms with Gasteiger partial charge >= 0.3 is 0 Å². The maximum Gasteiger partial charge on any atom is 0.229 e. The summed E-state index contributed by atoms with van der Waals surface area (Å²) in [5.41, 5.74) is 5.52. The van der Waals surface area contributed by atoms with E-state index >= 15 is 0 Å². The maximum atomic E-state index is 12.9. The molecule has 1 saturated heterocycles. The van der Waals surface area contributed by atoms with Crippen LogP contribution in [-0.4, -0.2) is 18.4 Å². The molecular formula is C24H22N2O2. The van der Waals surface area contributed by atoms with Gasteiger partial charge in [0, 0.05) is 29.7 Å². The molecule has 0 aromatic heterocycles. The van der Waals surface area contributed by atoms with Gasteiger partial charge in [-0.05, 0) is 60.0 Å². The van der Waals surface area contributed by atoms with E-state index in [1.165, 1.54) is 16.5 Å². The fraction of sp³-hybridized carbons (Fsp3) is 0.250. The van der Waals surface area contributed by atoms with Gasteiger partial charge in [0.15, 0.2) is 0 Å². The molecule has 0 bridgehead atoms. The molecule has 0 radical (unpaired) electrons. The van der Waals surface area contributed by atoms with E-state index in [2.05, 4.69) is 29.6 Å². The molecule has 5 rings (SSSR count). The standard InChI is InChI=1S/C24H22N2O2/c1-15-4-2-6-19(12-15)26-14-18(13-22(26)27)24(28)25-21-11-10-17-9-8-16-5-3-7-20(21)23(16)17/h2-7,10-12,18H,8-9,13-14H2,1H3,(H,25,28)/t18-/m1/s1. The van der Waals surface area contributed by atoms with Crippen molar-refractivity contribution in [3.05, 3.63) is 71.3 Å². The molecule has 2 amide bonds. The first-order chi connectivity index (χ1) is 13.6. The monoisotopic (exact) mass is 370 g/mol. The zero-order valence-corrected chi connectivity index (χ0v) is 15.9. The van der Waals surface area contributed by atoms with Gasteiger partial charge in [-0.1, -0.05) is 36.4 Å². The lowest BCUT2D eigenvalue weighted by Crippen LogP contribution is -2.28. The Labute approximate surface area is 164 Å². The van der Waals surface area contributed by atoms with E-state index in [9.17, 15) is 9.59 Å². The van der Waals surface area contributed by atoms with Crippen molar-refractivity contribution < 1.29 is 9.59 Å². The van der Waals surface area contributed by atoms with Crippen molar-refractivity contribution in [3.63, 3.8) is 0 Å². The van der Waals surface area contributed by atoms with Gasteiger partial charge in [0.05, 0.1) is 5.92 Å². The number of hydrogen-bond acceptors (Lipinski definition) is 2. The first kappa shape index (κ1) is 17.0. The first-order valence-electron chi connectivity index (χ1n) is 9.81. The molecular weight excluding hydrogens is 348 g/mol. The SMILES string of the molecule is Cc1cccc(N2C[C@H](C(=O)Nc3ccc4c5c(cccc35)CC4)CC2=O)c1. The summed E-state index contributed by atoms with van der Waals surface area (Å²) in [6, 6.07) is 18.3. The van der Waals surface area contributed by atoms with Crippen molar-refractivity contribution in [2.24, 2.45) is 5.92 Å². The van der Waals surface area contributed by atoms with E-state index in [1.54, 1.807) is 4.90 Å². The topological polar surface area (TPSA) is 49.4 Å². The maximum absolute atomic E-state index is 12.9. The second-order valence-corrected chi connectivity index (χ2v) is 7.85. The molecule has 1 heterocycles. The van der Waals surface area contributed by atoms with Crippen molar-refractivity contribution in [2.75, 3.05) is 16.8 Å². The fourth-order valence-corrected chi connectivity index (χ4v) is 4.52. The summed E-state index contributed by atoms with van der Waals surface area (Å²) in [5, 5.41) is 5.47. The Morgan fingerprint density at radius 2 is 1.82 bits per heavy atom. The van der Waals surface area contributed by atoms with Gasteiger partial charge in [-0.3, -0.25) is 9.59 Å². The molecule has 1 N–H and O–H groups in total. The quantitative estimate of drug-likeness (QED) is 0.750. The minimum Gasteiger partial charge on any atom is -0.325 e. The summed E-state index contributed by atoms with van der Waals surface area (Å²) >= 11 is 0. The van der Waals surface area contributed by atoms with E-state index in [4.69, 9.17) is 0 Å². The second-order valence-electron chi connectivity index (χ2n) is 7.85. The number of aryl methyl sites for hydroxylation is 3. The minimum atomic E-state index is -0.337. The molecule has 28 heavy (non-hydrogen) atoms. The number of carbonyl (C=O) groups excluding carboxylic acids is 2. The summed E-state index contributed by atoms with van der Waals surface area (Å²) in [7, 11) is 0. The molecule has 1 aliphatic heterocycles. The Morgan fingerprint density at radius 1 is 1.04 bits per heavy atom. The molecule has 4 nitrogen and oxygen atoms in total. The Balaban J connectivity index is 1.39. The molecule has 4 heteroatoms. The highest BCUT2D eigenvalue weighted by Gasteiger charge is 2.35. The predicted octanol–water partition coefficient (Wildman–Crippen LogP) is 4.24. The largest absolute Gasteiger partial charge is 0.325 e. The van der Waals surface area contributed by atoms with Gasteiger partial charge in [0.1, 0.15) is 0 Å². The number of nitrogens with zero attached hydrogens (tertiary/aromatic N) is 1. The van der Waals surface area contributed by atoms with Crippen LogP contribution in [0.1, 0.15) is 23.1 Å². The van der Waals surface area contributed by atoms with Crippen LogP contribution in [-0.2, 0) is 22.4 Å². The van der Waals surface area contributed by atoms with Crippen LogP contribution in [0.25, 0.3) is 10.8 Å². The number of anilines is 2. The smallest absolute Gasteiger partial charge is 0.229 e. The Morgan fingerprint density at radius 3 is 2.64 bits per heavy atom. The van der Waals surface area contributed by atoms with Gasteiger partial charge in [0.25, 0.3) is 0 Å². The molecule has 3 aromatic carbocycles. The molecule has 1 atom stereocenters.